The predicted molar refractivity (Wildman–Crippen MR) is 71.6 cm³/mol. The number of anilines is 1. The Bertz CT molecular complexity index is 762. The Morgan fingerprint density at radius 2 is 2.11 bits per heavy atom. The lowest BCUT2D eigenvalue weighted by atomic mass is 10.2. The lowest BCUT2D eigenvalue weighted by Crippen LogP contribution is -2.12. The van der Waals surface area contributed by atoms with E-state index in [9.17, 15) is 4.79 Å². The summed E-state index contributed by atoms with van der Waals surface area (Å²) in [7, 11) is 0. The fourth-order valence-electron chi connectivity index (χ4n) is 1.83. The van der Waals surface area contributed by atoms with Crippen molar-refractivity contribution in [2.75, 3.05) is 5.73 Å². The van der Waals surface area contributed by atoms with Crippen molar-refractivity contribution >= 4 is 27.4 Å². The largest absolute Gasteiger partial charge is 0.375 e. The van der Waals surface area contributed by atoms with Crippen LogP contribution in [0.15, 0.2) is 41.5 Å². The molecular formula is C12H10N4OS. The molecule has 2 heterocycles. The molecule has 0 aliphatic carbocycles. The minimum Gasteiger partial charge on any atom is -0.375 e. The van der Waals surface area contributed by atoms with Gasteiger partial charge < -0.3 is 5.73 Å². The van der Waals surface area contributed by atoms with Crippen LogP contribution in [0.25, 0.3) is 10.9 Å². The Morgan fingerprint density at radius 1 is 1.28 bits per heavy atom. The van der Waals surface area contributed by atoms with Crippen LogP contribution in [0.2, 0.25) is 0 Å². The Labute approximate surface area is 107 Å². The van der Waals surface area contributed by atoms with E-state index in [-0.39, 0.29) is 5.43 Å². The summed E-state index contributed by atoms with van der Waals surface area (Å²) in [4.78, 5) is 16.7. The van der Waals surface area contributed by atoms with Gasteiger partial charge in [-0.15, -0.1) is 11.3 Å². The number of hydrogen-bond acceptors (Lipinski definition) is 5. The van der Waals surface area contributed by atoms with Gasteiger partial charge in [-0.2, -0.15) is 5.10 Å². The third kappa shape index (κ3) is 1.86. The van der Waals surface area contributed by atoms with Crippen LogP contribution in [-0.4, -0.2) is 14.8 Å². The normalized spacial score (nSPS) is 10.9. The quantitative estimate of drug-likeness (QED) is 0.755. The highest BCUT2D eigenvalue weighted by atomic mass is 32.1. The van der Waals surface area contributed by atoms with Crippen molar-refractivity contribution < 1.29 is 0 Å². The maximum atomic E-state index is 11.7. The smallest absolute Gasteiger partial charge is 0.207 e. The van der Waals surface area contributed by atoms with Gasteiger partial charge in [-0.25, -0.2) is 4.98 Å². The van der Waals surface area contributed by atoms with E-state index in [1.54, 1.807) is 16.9 Å². The molecule has 2 aromatic heterocycles. The Balaban J connectivity index is 2.12. The van der Waals surface area contributed by atoms with Crippen LogP contribution in [0.1, 0.15) is 4.88 Å². The number of nitrogen functional groups attached to an aromatic ring is 1. The minimum atomic E-state index is -0.0642. The molecule has 0 spiro atoms. The first-order valence-corrected chi connectivity index (χ1v) is 6.21. The fourth-order valence-corrected chi connectivity index (χ4v) is 2.50. The second kappa shape index (κ2) is 4.23. The van der Waals surface area contributed by atoms with Gasteiger partial charge in [-0.1, -0.05) is 12.1 Å². The molecule has 6 heteroatoms. The van der Waals surface area contributed by atoms with E-state index in [4.69, 9.17) is 5.73 Å². The van der Waals surface area contributed by atoms with Gasteiger partial charge in [0, 0.05) is 16.5 Å². The van der Waals surface area contributed by atoms with Gasteiger partial charge in [0.1, 0.15) is 0 Å². The van der Waals surface area contributed by atoms with E-state index < -0.39 is 0 Å². The van der Waals surface area contributed by atoms with Gasteiger partial charge in [-0.05, 0) is 12.1 Å². The summed E-state index contributed by atoms with van der Waals surface area (Å²) in [5, 5.41) is 5.36. The highest BCUT2D eigenvalue weighted by Gasteiger charge is 2.05. The van der Waals surface area contributed by atoms with Crippen molar-refractivity contribution in [3.05, 3.63) is 51.8 Å². The number of aromatic nitrogens is 3. The summed E-state index contributed by atoms with van der Waals surface area (Å²) in [5.41, 5.74) is 6.35. The summed E-state index contributed by atoms with van der Waals surface area (Å²) in [6.07, 6.45) is 3.07. The van der Waals surface area contributed by atoms with E-state index in [0.717, 1.165) is 10.4 Å². The van der Waals surface area contributed by atoms with Gasteiger partial charge in [0.15, 0.2) is 5.13 Å². The van der Waals surface area contributed by atoms with Gasteiger partial charge >= 0.3 is 0 Å². The van der Waals surface area contributed by atoms with E-state index in [1.165, 1.54) is 17.5 Å². The molecule has 0 fully saturated rings. The van der Waals surface area contributed by atoms with Gasteiger partial charge in [-0.3, -0.25) is 9.48 Å². The van der Waals surface area contributed by atoms with Crippen LogP contribution in [0.4, 0.5) is 5.13 Å². The van der Waals surface area contributed by atoms with Crippen molar-refractivity contribution in [2.24, 2.45) is 0 Å². The number of para-hydroxylation sites is 1. The number of rotatable bonds is 2. The molecule has 0 atom stereocenters. The maximum absolute atomic E-state index is 11.7. The van der Waals surface area contributed by atoms with Crippen LogP contribution < -0.4 is 11.2 Å². The number of hydrogen-bond donors (Lipinski definition) is 1. The summed E-state index contributed by atoms with van der Waals surface area (Å²) < 4.78 is 1.78. The molecule has 0 unspecified atom stereocenters. The van der Waals surface area contributed by atoms with Crippen LogP contribution in [0.5, 0.6) is 0 Å². The minimum absolute atomic E-state index is 0.0642. The molecule has 0 aliphatic heterocycles. The predicted octanol–water partition coefficient (Wildman–Crippen LogP) is 1.48. The zero-order valence-corrected chi connectivity index (χ0v) is 10.2. The molecule has 0 saturated carbocycles. The number of nitrogens with zero attached hydrogens (tertiary/aromatic N) is 3. The second-order valence-corrected chi connectivity index (χ2v) is 5.00. The number of nitrogens with two attached hydrogens (primary N) is 1. The first-order valence-electron chi connectivity index (χ1n) is 5.39. The zero-order chi connectivity index (χ0) is 12.5. The molecule has 5 nitrogen and oxygen atoms in total. The van der Waals surface area contributed by atoms with Gasteiger partial charge in [0.2, 0.25) is 5.43 Å². The van der Waals surface area contributed by atoms with Gasteiger partial charge in [0.05, 0.1) is 18.3 Å². The monoisotopic (exact) mass is 258 g/mol. The summed E-state index contributed by atoms with van der Waals surface area (Å²) in [6, 6.07) is 7.42. The molecule has 18 heavy (non-hydrogen) atoms. The lowest BCUT2D eigenvalue weighted by Gasteiger charge is -2.07. The van der Waals surface area contributed by atoms with E-state index >= 15 is 0 Å². The van der Waals surface area contributed by atoms with E-state index in [0.29, 0.717) is 17.1 Å². The number of benzene rings is 1. The zero-order valence-electron chi connectivity index (χ0n) is 9.41. The first kappa shape index (κ1) is 10.9. The third-order valence-electron chi connectivity index (χ3n) is 2.64. The molecule has 0 aliphatic rings. The molecule has 0 radical (unpaired) electrons. The number of thiazole rings is 1. The van der Waals surface area contributed by atoms with Crippen molar-refractivity contribution in [1.82, 2.24) is 14.8 Å². The van der Waals surface area contributed by atoms with Crippen molar-refractivity contribution in [3.8, 4) is 0 Å². The molecule has 0 amide bonds. The molecular weight excluding hydrogens is 248 g/mol. The SMILES string of the molecule is Nc1ncc(Cn2ncc(=O)c3ccccc32)s1. The molecule has 1 aromatic carbocycles. The van der Waals surface area contributed by atoms with Crippen molar-refractivity contribution in [2.45, 2.75) is 6.54 Å². The molecule has 2 N–H and O–H groups in total. The highest BCUT2D eigenvalue weighted by molar-refractivity contribution is 7.15. The summed E-state index contributed by atoms with van der Waals surface area (Å²) in [5.74, 6) is 0. The fraction of sp³-hybridized carbons (Fsp3) is 0.0833. The van der Waals surface area contributed by atoms with Crippen LogP contribution >= 0.6 is 11.3 Å². The van der Waals surface area contributed by atoms with Crippen LogP contribution in [0.3, 0.4) is 0 Å². The Hall–Kier alpha value is -2.21. The molecule has 0 saturated heterocycles. The van der Waals surface area contributed by atoms with Crippen molar-refractivity contribution in [3.63, 3.8) is 0 Å². The summed E-state index contributed by atoms with van der Waals surface area (Å²) >= 11 is 1.42. The highest BCUT2D eigenvalue weighted by Crippen LogP contribution is 2.17. The topological polar surface area (TPSA) is 73.8 Å². The maximum Gasteiger partial charge on any atom is 0.207 e. The van der Waals surface area contributed by atoms with Crippen LogP contribution in [-0.2, 0) is 6.54 Å². The van der Waals surface area contributed by atoms with Crippen molar-refractivity contribution in [1.29, 1.82) is 0 Å². The van der Waals surface area contributed by atoms with Crippen LogP contribution in [0, 0.1) is 0 Å². The molecule has 3 rings (SSSR count). The average molecular weight is 258 g/mol. The first-order chi connectivity index (χ1) is 8.74. The van der Waals surface area contributed by atoms with E-state index in [1.807, 2.05) is 18.2 Å². The number of fused-ring (bicyclic) bond motifs is 1. The average Bonchev–Trinajstić information content (AvgIpc) is 2.79. The molecule has 0 bridgehead atoms. The summed E-state index contributed by atoms with van der Waals surface area (Å²) in [6.45, 7) is 0.565. The lowest BCUT2D eigenvalue weighted by molar-refractivity contribution is 0.701. The second-order valence-electron chi connectivity index (χ2n) is 3.85. The standard InChI is InChI=1S/C12H10N4OS/c13-12-14-5-8(18-12)7-16-10-4-2-1-3-9(10)11(17)6-15-16/h1-6H,7H2,(H2,13,14). The van der Waals surface area contributed by atoms with Gasteiger partial charge in [0.25, 0.3) is 0 Å². The van der Waals surface area contributed by atoms with E-state index in [2.05, 4.69) is 10.1 Å². The Morgan fingerprint density at radius 3 is 2.89 bits per heavy atom. The molecule has 90 valence electrons. The third-order valence-corrected chi connectivity index (χ3v) is 3.45. The molecule has 3 aromatic rings. The Kier molecular flexibility index (Phi) is 2.56.